The average Bonchev–Trinajstić information content (AvgIpc) is 3.38. The molecule has 2 fully saturated rings. The summed E-state index contributed by atoms with van der Waals surface area (Å²) in [5.41, 5.74) is -1.48. The van der Waals surface area contributed by atoms with Crippen molar-refractivity contribution < 1.29 is 22.3 Å². The van der Waals surface area contributed by atoms with Gasteiger partial charge in [0.15, 0.2) is 12.0 Å². The first-order valence-electron chi connectivity index (χ1n) is 11.9. The van der Waals surface area contributed by atoms with Crippen molar-refractivity contribution >= 4 is 5.52 Å². The van der Waals surface area contributed by atoms with Crippen molar-refractivity contribution in [3.63, 3.8) is 0 Å². The van der Waals surface area contributed by atoms with Gasteiger partial charge in [-0.15, -0.1) is 10.2 Å². The number of hydrogen-bond acceptors (Lipinski definition) is 5. The van der Waals surface area contributed by atoms with Gasteiger partial charge in [0.05, 0.1) is 35.4 Å². The van der Waals surface area contributed by atoms with E-state index in [2.05, 4.69) is 10.2 Å². The third kappa shape index (κ3) is 3.86. The standard InChI is InChI=1S/C25H24F4N6O2/c1-32-15-30-31-22(32)21(26)24(13-37-14-24)17-4-2-5-18(9-17)34-12-20-19(25(27,28)29)8-16(10-33-6-3-7-33)11-35(20)23(34)36/h2,4-5,8-9,11-12,15,21H,3,6-7,10,13-14H2,1H3/t21-/m1/s1. The maximum absolute atomic E-state index is 15.8. The monoisotopic (exact) mass is 516 g/mol. The van der Waals surface area contributed by atoms with Crippen molar-refractivity contribution in [2.75, 3.05) is 26.3 Å². The molecule has 0 amide bonds. The number of fused-ring (bicyclic) bond motifs is 1. The quantitative estimate of drug-likeness (QED) is 0.368. The summed E-state index contributed by atoms with van der Waals surface area (Å²) in [5.74, 6) is 0.144. The van der Waals surface area contributed by atoms with Gasteiger partial charge in [-0.3, -0.25) is 13.9 Å². The van der Waals surface area contributed by atoms with Crippen LogP contribution in [-0.2, 0) is 29.9 Å². The molecule has 0 spiro atoms. The fourth-order valence-corrected chi connectivity index (χ4v) is 5.06. The topological polar surface area (TPSA) is 69.6 Å². The Labute approximate surface area is 208 Å². The lowest BCUT2D eigenvalue weighted by Gasteiger charge is -2.43. The van der Waals surface area contributed by atoms with Gasteiger partial charge >= 0.3 is 11.9 Å². The number of nitrogens with zero attached hydrogens (tertiary/aromatic N) is 6. The van der Waals surface area contributed by atoms with E-state index in [4.69, 9.17) is 4.74 Å². The second-order valence-electron chi connectivity index (χ2n) is 9.79. The molecule has 0 aliphatic carbocycles. The van der Waals surface area contributed by atoms with E-state index < -0.39 is 29.0 Å². The summed E-state index contributed by atoms with van der Waals surface area (Å²) in [6.07, 6.45) is -1.09. The van der Waals surface area contributed by atoms with Crippen molar-refractivity contribution in [2.24, 2.45) is 7.05 Å². The molecule has 0 saturated carbocycles. The minimum absolute atomic E-state index is 0.0925. The van der Waals surface area contributed by atoms with Crippen molar-refractivity contribution in [1.29, 1.82) is 0 Å². The molecule has 5 heterocycles. The number of alkyl halides is 4. The number of aromatic nitrogens is 5. The number of benzene rings is 1. The number of aryl methyl sites for hydroxylation is 1. The van der Waals surface area contributed by atoms with Crippen LogP contribution in [-0.4, -0.2) is 54.9 Å². The highest BCUT2D eigenvalue weighted by atomic mass is 19.4. The molecule has 12 heteroatoms. The number of likely N-dealkylation sites (tertiary alicyclic amines) is 1. The molecule has 8 nitrogen and oxygen atoms in total. The van der Waals surface area contributed by atoms with E-state index in [-0.39, 0.29) is 24.6 Å². The summed E-state index contributed by atoms with van der Waals surface area (Å²) in [4.78, 5) is 15.4. The van der Waals surface area contributed by atoms with Crippen LogP contribution in [0.5, 0.6) is 0 Å². The molecule has 0 radical (unpaired) electrons. The predicted molar refractivity (Wildman–Crippen MR) is 125 cm³/mol. The molecule has 1 atom stereocenters. The van der Waals surface area contributed by atoms with Gasteiger partial charge < -0.3 is 9.30 Å². The zero-order chi connectivity index (χ0) is 25.9. The molecule has 2 aliphatic heterocycles. The molecule has 2 aliphatic rings. The number of pyridine rings is 1. The number of hydrogen-bond donors (Lipinski definition) is 0. The number of imidazole rings is 1. The van der Waals surface area contributed by atoms with Crippen molar-refractivity contribution in [1.82, 2.24) is 28.6 Å². The van der Waals surface area contributed by atoms with E-state index in [1.54, 1.807) is 31.3 Å². The van der Waals surface area contributed by atoms with Crippen LogP contribution in [0, 0.1) is 0 Å². The Morgan fingerprint density at radius 2 is 1.95 bits per heavy atom. The summed E-state index contributed by atoms with van der Waals surface area (Å²) < 4.78 is 66.8. The first-order chi connectivity index (χ1) is 17.7. The fraction of sp³-hybridized carbons (Fsp3) is 0.400. The van der Waals surface area contributed by atoms with E-state index in [1.807, 2.05) is 4.90 Å². The highest BCUT2D eigenvalue weighted by Crippen LogP contribution is 2.45. The molecule has 0 N–H and O–H groups in total. The van der Waals surface area contributed by atoms with Gasteiger partial charge in [-0.05, 0) is 48.8 Å². The molecule has 3 aromatic heterocycles. The SMILES string of the molecule is Cn1cnnc1[C@@H](F)C1(c2cccc(-n3cc4c(C(F)(F)F)cc(CN5CCC5)cn4c3=O)c2)COC1. The average molecular weight is 516 g/mol. The molecule has 0 unspecified atom stereocenters. The van der Waals surface area contributed by atoms with Crippen molar-refractivity contribution in [3.8, 4) is 5.69 Å². The lowest BCUT2D eigenvalue weighted by molar-refractivity contribution is -0.136. The predicted octanol–water partition coefficient (Wildman–Crippen LogP) is 3.42. The molecule has 194 valence electrons. The van der Waals surface area contributed by atoms with Crippen LogP contribution in [0.25, 0.3) is 11.2 Å². The summed E-state index contributed by atoms with van der Waals surface area (Å²) in [7, 11) is 1.65. The van der Waals surface area contributed by atoms with Crippen LogP contribution in [0.1, 0.15) is 35.1 Å². The Morgan fingerprint density at radius 3 is 2.54 bits per heavy atom. The molecule has 2 saturated heterocycles. The first-order valence-corrected chi connectivity index (χ1v) is 11.9. The highest BCUT2D eigenvalue weighted by Gasteiger charge is 2.50. The normalized spacial score (nSPS) is 18.5. The van der Waals surface area contributed by atoms with Crippen LogP contribution in [0.3, 0.4) is 0 Å². The van der Waals surface area contributed by atoms with Crippen LogP contribution in [0.2, 0.25) is 0 Å². The lowest BCUT2D eigenvalue weighted by Crippen LogP contribution is -2.50. The molecular formula is C25H24F4N6O2. The Hall–Kier alpha value is -3.51. The second-order valence-corrected chi connectivity index (χ2v) is 9.79. The van der Waals surface area contributed by atoms with Gasteiger partial charge in [-0.25, -0.2) is 9.18 Å². The van der Waals surface area contributed by atoms with Crippen LogP contribution < -0.4 is 5.69 Å². The maximum atomic E-state index is 15.8. The van der Waals surface area contributed by atoms with Gasteiger partial charge in [-0.2, -0.15) is 13.2 Å². The molecular weight excluding hydrogens is 492 g/mol. The minimum atomic E-state index is -4.64. The van der Waals surface area contributed by atoms with Gasteiger partial charge in [-0.1, -0.05) is 12.1 Å². The summed E-state index contributed by atoms with van der Waals surface area (Å²) in [5, 5.41) is 7.66. The lowest BCUT2D eigenvalue weighted by atomic mass is 9.74. The van der Waals surface area contributed by atoms with E-state index in [9.17, 15) is 18.0 Å². The molecule has 6 rings (SSSR count). The van der Waals surface area contributed by atoms with Gasteiger partial charge in [0.25, 0.3) is 0 Å². The van der Waals surface area contributed by atoms with Crippen molar-refractivity contribution in [3.05, 3.63) is 82.1 Å². The van der Waals surface area contributed by atoms with E-state index in [0.29, 0.717) is 23.4 Å². The molecule has 1 aromatic carbocycles. The van der Waals surface area contributed by atoms with E-state index in [1.165, 1.54) is 27.9 Å². The van der Waals surface area contributed by atoms with E-state index >= 15 is 4.39 Å². The Morgan fingerprint density at radius 1 is 1.16 bits per heavy atom. The minimum Gasteiger partial charge on any atom is -0.379 e. The molecule has 0 bridgehead atoms. The number of ether oxygens (including phenoxy) is 1. The smallest absolute Gasteiger partial charge is 0.379 e. The third-order valence-corrected chi connectivity index (χ3v) is 7.36. The summed E-state index contributed by atoms with van der Waals surface area (Å²) >= 11 is 0. The maximum Gasteiger partial charge on any atom is 0.418 e. The number of rotatable bonds is 6. The van der Waals surface area contributed by atoms with Crippen molar-refractivity contribution in [2.45, 2.75) is 30.7 Å². The fourth-order valence-electron chi connectivity index (χ4n) is 5.06. The van der Waals surface area contributed by atoms with Gasteiger partial charge in [0.1, 0.15) is 6.33 Å². The highest BCUT2D eigenvalue weighted by molar-refractivity contribution is 5.58. The zero-order valence-electron chi connectivity index (χ0n) is 20.0. The second kappa shape index (κ2) is 8.52. The number of halogens is 4. The summed E-state index contributed by atoms with van der Waals surface area (Å²) in [6.45, 7) is 2.16. The Balaban J connectivity index is 1.44. The largest absolute Gasteiger partial charge is 0.418 e. The zero-order valence-corrected chi connectivity index (χ0v) is 20.0. The van der Waals surface area contributed by atoms with Gasteiger partial charge in [0.2, 0.25) is 0 Å². The third-order valence-electron chi connectivity index (χ3n) is 7.36. The van der Waals surface area contributed by atoms with Gasteiger partial charge in [0, 0.05) is 26.0 Å². The summed E-state index contributed by atoms with van der Waals surface area (Å²) in [6, 6.07) is 7.73. The Kier molecular flexibility index (Phi) is 5.50. The van der Waals surface area contributed by atoms with E-state index in [0.717, 1.165) is 30.0 Å². The van der Waals surface area contributed by atoms with Crippen LogP contribution in [0.15, 0.2) is 53.8 Å². The molecule has 4 aromatic rings. The first kappa shape index (κ1) is 23.9. The Bertz CT molecular complexity index is 1530. The molecule has 37 heavy (non-hydrogen) atoms. The van der Waals surface area contributed by atoms with Crippen LogP contribution >= 0.6 is 0 Å². The van der Waals surface area contributed by atoms with Crippen LogP contribution in [0.4, 0.5) is 17.6 Å².